The number of benzene rings is 2. The van der Waals surface area contributed by atoms with Gasteiger partial charge >= 0.3 is 12.1 Å². The number of carbonyl (C=O) groups is 2. The van der Waals surface area contributed by atoms with Crippen LogP contribution in [0.5, 0.6) is 5.75 Å². The number of carboxylic acids is 1. The van der Waals surface area contributed by atoms with E-state index in [1.54, 1.807) is 12.1 Å². The monoisotopic (exact) mass is 437 g/mol. The summed E-state index contributed by atoms with van der Waals surface area (Å²) in [4.78, 5) is 23.8. The summed E-state index contributed by atoms with van der Waals surface area (Å²) < 4.78 is 43.2. The Balaban J connectivity index is 2.02. The number of carboxylic acid groups (broad SMARTS) is 1. The van der Waals surface area contributed by atoms with Crippen LogP contribution in [-0.2, 0) is 23.9 Å². The van der Waals surface area contributed by atoms with Crippen LogP contribution < -0.4 is 10.1 Å². The van der Waals surface area contributed by atoms with Gasteiger partial charge in [-0.2, -0.15) is 13.2 Å². The molecule has 1 unspecified atom stereocenters. The van der Waals surface area contributed by atoms with Crippen LogP contribution in [-0.4, -0.2) is 24.1 Å². The fourth-order valence-corrected chi connectivity index (χ4v) is 3.23. The molecule has 0 aliphatic carbocycles. The number of halogens is 3. The molecule has 0 saturated carbocycles. The number of ether oxygens (including phenoxy) is 1. The van der Waals surface area contributed by atoms with Gasteiger partial charge in [-0.3, -0.25) is 9.59 Å². The number of aliphatic carboxylic acids is 1. The SMILES string of the molecule is CCC(CCCc1ccc(OC)c(C(=O)NCc2ccc(C(F)(F)F)cc2)c1)C(=O)O. The second-order valence-electron chi connectivity index (χ2n) is 7.25. The van der Waals surface area contributed by atoms with E-state index in [-0.39, 0.29) is 12.5 Å². The van der Waals surface area contributed by atoms with Crippen LogP contribution in [0.1, 0.15) is 53.2 Å². The maximum absolute atomic E-state index is 12.7. The Morgan fingerprint density at radius 2 is 1.74 bits per heavy atom. The molecular weight excluding hydrogens is 411 g/mol. The van der Waals surface area contributed by atoms with E-state index in [9.17, 15) is 22.8 Å². The lowest BCUT2D eigenvalue weighted by Gasteiger charge is -2.13. The maximum atomic E-state index is 12.7. The molecule has 0 aromatic heterocycles. The minimum Gasteiger partial charge on any atom is -0.496 e. The molecule has 2 N–H and O–H groups in total. The van der Waals surface area contributed by atoms with E-state index in [2.05, 4.69) is 5.32 Å². The number of alkyl halides is 3. The normalized spacial score (nSPS) is 12.3. The zero-order chi connectivity index (χ0) is 23.0. The first-order valence-corrected chi connectivity index (χ1v) is 9.99. The lowest BCUT2D eigenvalue weighted by molar-refractivity contribution is -0.142. The maximum Gasteiger partial charge on any atom is 0.416 e. The fourth-order valence-electron chi connectivity index (χ4n) is 3.23. The molecule has 0 fully saturated rings. The van der Waals surface area contributed by atoms with Crippen molar-refractivity contribution in [2.24, 2.45) is 5.92 Å². The molecule has 0 aliphatic rings. The number of hydrogen-bond donors (Lipinski definition) is 2. The highest BCUT2D eigenvalue weighted by Gasteiger charge is 2.29. The Hall–Kier alpha value is -3.03. The average molecular weight is 437 g/mol. The van der Waals surface area contributed by atoms with E-state index < -0.39 is 23.6 Å². The van der Waals surface area contributed by atoms with Gasteiger partial charge in [0, 0.05) is 6.54 Å². The number of rotatable bonds is 10. The molecule has 2 aromatic carbocycles. The highest BCUT2D eigenvalue weighted by atomic mass is 19.4. The van der Waals surface area contributed by atoms with Crippen molar-refractivity contribution in [3.63, 3.8) is 0 Å². The molecule has 168 valence electrons. The number of methoxy groups -OCH3 is 1. The van der Waals surface area contributed by atoms with Gasteiger partial charge in [-0.25, -0.2) is 0 Å². The fraction of sp³-hybridized carbons (Fsp3) is 0.391. The van der Waals surface area contributed by atoms with E-state index in [1.165, 1.54) is 19.2 Å². The molecular formula is C23H26F3NO4. The first-order chi connectivity index (χ1) is 14.7. The highest BCUT2D eigenvalue weighted by Crippen LogP contribution is 2.29. The smallest absolute Gasteiger partial charge is 0.416 e. The van der Waals surface area contributed by atoms with Crippen LogP contribution in [0.15, 0.2) is 42.5 Å². The van der Waals surface area contributed by atoms with Crippen molar-refractivity contribution in [2.45, 2.75) is 45.3 Å². The number of amides is 1. The summed E-state index contributed by atoms with van der Waals surface area (Å²) in [7, 11) is 1.44. The molecule has 8 heteroatoms. The first-order valence-electron chi connectivity index (χ1n) is 9.99. The molecule has 0 spiro atoms. The van der Waals surface area contributed by atoms with Crippen LogP contribution in [0.4, 0.5) is 13.2 Å². The van der Waals surface area contributed by atoms with Crippen LogP contribution in [0.25, 0.3) is 0 Å². The van der Waals surface area contributed by atoms with Gasteiger partial charge in [0.15, 0.2) is 0 Å². The summed E-state index contributed by atoms with van der Waals surface area (Å²) in [6, 6.07) is 9.80. The molecule has 5 nitrogen and oxygen atoms in total. The molecule has 2 aromatic rings. The second-order valence-corrected chi connectivity index (χ2v) is 7.25. The lowest BCUT2D eigenvalue weighted by atomic mass is 9.96. The Morgan fingerprint density at radius 1 is 1.10 bits per heavy atom. The molecule has 2 rings (SSSR count). The van der Waals surface area contributed by atoms with Gasteiger partial charge in [0.05, 0.1) is 24.2 Å². The van der Waals surface area contributed by atoms with Crippen molar-refractivity contribution in [3.05, 3.63) is 64.7 Å². The molecule has 1 amide bonds. The quantitative estimate of drug-likeness (QED) is 0.544. The third kappa shape index (κ3) is 7.01. The Morgan fingerprint density at radius 3 is 2.29 bits per heavy atom. The van der Waals surface area contributed by atoms with Crippen LogP contribution in [0.3, 0.4) is 0 Å². The van der Waals surface area contributed by atoms with E-state index in [4.69, 9.17) is 9.84 Å². The Kier molecular flexibility index (Phi) is 8.47. The van der Waals surface area contributed by atoms with Gasteiger partial charge in [0.2, 0.25) is 0 Å². The van der Waals surface area contributed by atoms with Gasteiger partial charge in [-0.15, -0.1) is 0 Å². The van der Waals surface area contributed by atoms with Crippen molar-refractivity contribution >= 4 is 11.9 Å². The van der Waals surface area contributed by atoms with Crippen molar-refractivity contribution in [3.8, 4) is 5.75 Å². The minimum absolute atomic E-state index is 0.0706. The zero-order valence-corrected chi connectivity index (χ0v) is 17.5. The van der Waals surface area contributed by atoms with E-state index >= 15 is 0 Å². The first kappa shape index (κ1) is 24.2. The number of carbonyl (C=O) groups excluding carboxylic acids is 1. The van der Waals surface area contributed by atoms with Crippen molar-refractivity contribution < 1.29 is 32.6 Å². The van der Waals surface area contributed by atoms with Crippen molar-refractivity contribution in [1.29, 1.82) is 0 Å². The third-order valence-corrected chi connectivity index (χ3v) is 5.10. The minimum atomic E-state index is -4.41. The van der Waals surface area contributed by atoms with E-state index in [0.29, 0.717) is 42.6 Å². The Bertz CT molecular complexity index is 895. The molecule has 0 aliphatic heterocycles. The van der Waals surface area contributed by atoms with Crippen LogP contribution >= 0.6 is 0 Å². The number of nitrogens with one attached hydrogen (secondary N) is 1. The predicted molar refractivity (Wildman–Crippen MR) is 110 cm³/mol. The van der Waals surface area contributed by atoms with Gasteiger partial charge < -0.3 is 15.2 Å². The van der Waals surface area contributed by atoms with Crippen molar-refractivity contribution in [1.82, 2.24) is 5.32 Å². The zero-order valence-electron chi connectivity index (χ0n) is 17.5. The summed E-state index contributed by atoms with van der Waals surface area (Å²) in [5.41, 5.74) is 0.985. The summed E-state index contributed by atoms with van der Waals surface area (Å²) in [6.07, 6.45) is -2.00. The van der Waals surface area contributed by atoms with Crippen LogP contribution in [0.2, 0.25) is 0 Å². The predicted octanol–water partition coefficient (Wildman–Crippen LogP) is 5.08. The number of hydrogen-bond acceptors (Lipinski definition) is 3. The summed E-state index contributed by atoms with van der Waals surface area (Å²) >= 11 is 0. The van der Waals surface area contributed by atoms with Gasteiger partial charge in [-0.1, -0.05) is 25.1 Å². The Labute approximate surface area is 179 Å². The topological polar surface area (TPSA) is 75.6 Å². The standard InChI is InChI=1S/C23H26F3NO4/c1-3-17(22(29)30)6-4-5-15-9-12-20(31-2)19(13-15)21(28)27-14-16-7-10-18(11-8-16)23(24,25)26/h7-13,17H,3-6,14H2,1-2H3,(H,27,28)(H,29,30). The van der Waals surface area contributed by atoms with E-state index in [0.717, 1.165) is 17.7 Å². The van der Waals surface area contributed by atoms with E-state index in [1.807, 2.05) is 13.0 Å². The van der Waals surface area contributed by atoms with Crippen molar-refractivity contribution in [2.75, 3.05) is 7.11 Å². The van der Waals surface area contributed by atoms with Crippen LogP contribution in [0, 0.1) is 5.92 Å². The molecule has 1 atom stereocenters. The largest absolute Gasteiger partial charge is 0.496 e. The number of aryl methyl sites for hydroxylation is 1. The lowest BCUT2D eigenvalue weighted by Crippen LogP contribution is -2.23. The second kappa shape index (κ2) is 10.8. The molecule has 0 heterocycles. The average Bonchev–Trinajstić information content (AvgIpc) is 2.74. The third-order valence-electron chi connectivity index (χ3n) is 5.10. The van der Waals surface area contributed by atoms with Gasteiger partial charge in [0.1, 0.15) is 5.75 Å². The van der Waals surface area contributed by atoms with Gasteiger partial charge in [-0.05, 0) is 61.1 Å². The molecule has 0 saturated heterocycles. The molecule has 31 heavy (non-hydrogen) atoms. The molecule has 0 bridgehead atoms. The highest BCUT2D eigenvalue weighted by molar-refractivity contribution is 5.97. The summed E-state index contributed by atoms with van der Waals surface area (Å²) in [5.74, 6) is -1.22. The molecule has 0 radical (unpaired) electrons. The summed E-state index contributed by atoms with van der Waals surface area (Å²) in [5, 5.41) is 11.8. The summed E-state index contributed by atoms with van der Waals surface area (Å²) in [6.45, 7) is 1.91. The van der Waals surface area contributed by atoms with Gasteiger partial charge in [0.25, 0.3) is 5.91 Å².